The third kappa shape index (κ3) is 3.49. The summed E-state index contributed by atoms with van der Waals surface area (Å²) < 4.78 is 1.82. The summed E-state index contributed by atoms with van der Waals surface area (Å²) in [6.07, 6.45) is 3.90. The van der Waals surface area contributed by atoms with Crippen LogP contribution in [0.15, 0.2) is 42.7 Å². The van der Waals surface area contributed by atoms with Gasteiger partial charge in [0.15, 0.2) is 5.65 Å². The monoisotopic (exact) mass is 391 g/mol. The van der Waals surface area contributed by atoms with Gasteiger partial charge in [-0.05, 0) is 38.5 Å². The lowest BCUT2D eigenvalue weighted by Gasteiger charge is -2.13. The van der Waals surface area contributed by atoms with E-state index in [4.69, 9.17) is 0 Å². The molecule has 3 aromatic rings. The highest BCUT2D eigenvalue weighted by Gasteiger charge is 2.34. The second kappa shape index (κ2) is 7.46. The maximum Gasteiger partial charge on any atom is 0.261 e. The number of anilines is 1. The molecular weight excluding hydrogens is 370 g/mol. The number of hydrogen-bond acceptors (Lipinski definition) is 5. The summed E-state index contributed by atoms with van der Waals surface area (Å²) in [5.41, 5.74) is 2.20. The van der Waals surface area contributed by atoms with Crippen molar-refractivity contribution in [2.45, 2.75) is 32.7 Å². The molecule has 4 rings (SSSR count). The van der Waals surface area contributed by atoms with Crippen LogP contribution in [-0.2, 0) is 4.79 Å². The van der Waals surface area contributed by atoms with Crippen LogP contribution >= 0.6 is 0 Å². The summed E-state index contributed by atoms with van der Waals surface area (Å²) >= 11 is 0. The fourth-order valence-electron chi connectivity index (χ4n) is 3.45. The lowest BCUT2D eigenvalue weighted by Crippen LogP contribution is -2.31. The van der Waals surface area contributed by atoms with E-state index in [9.17, 15) is 14.4 Å². The van der Waals surface area contributed by atoms with Gasteiger partial charge in [0.05, 0.1) is 29.2 Å². The Bertz CT molecular complexity index is 1080. The van der Waals surface area contributed by atoms with Crippen molar-refractivity contribution in [3.8, 4) is 0 Å². The van der Waals surface area contributed by atoms with Crippen molar-refractivity contribution in [1.82, 2.24) is 19.7 Å². The first-order chi connectivity index (χ1) is 14.0. The van der Waals surface area contributed by atoms with Crippen molar-refractivity contribution >= 4 is 34.4 Å². The van der Waals surface area contributed by atoms with Crippen LogP contribution in [0.25, 0.3) is 11.0 Å². The van der Waals surface area contributed by atoms with E-state index in [2.05, 4.69) is 15.4 Å². The highest BCUT2D eigenvalue weighted by molar-refractivity contribution is 6.21. The topological polar surface area (TPSA) is 97.2 Å². The van der Waals surface area contributed by atoms with Gasteiger partial charge in [-0.1, -0.05) is 12.1 Å². The molecule has 0 aliphatic carbocycles. The summed E-state index contributed by atoms with van der Waals surface area (Å²) in [5.74, 6) is -0.801. The largest absolute Gasteiger partial charge is 0.325 e. The normalized spacial score (nSPS) is 13.4. The number of fused-ring (bicyclic) bond motifs is 2. The van der Waals surface area contributed by atoms with E-state index in [1.807, 2.05) is 24.6 Å². The Morgan fingerprint density at radius 1 is 1.10 bits per heavy atom. The van der Waals surface area contributed by atoms with Gasteiger partial charge in [-0.2, -0.15) is 5.10 Å². The van der Waals surface area contributed by atoms with Gasteiger partial charge < -0.3 is 5.32 Å². The number of nitrogens with one attached hydrogen (secondary N) is 1. The molecule has 2 aromatic heterocycles. The predicted molar refractivity (Wildman–Crippen MR) is 108 cm³/mol. The first kappa shape index (κ1) is 18.8. The lowest BCUT2D eigenvalue weighted by atomic mass is 10.1. The molecule has 8 heteroatoms. The molecule has 1 aromatic carbocycles. The Kier molecular flexibility index (Phi) is 4.84. The Morgan fingerprint density at radius 2 is 1.79 bits per heavy atom. The molecule has 0 saturated heterocycles. The molecule has 3 heterocycles. The number of carbonyl (C=O) groups excluding carboxylic acids is 3. The quantitative estimate of drug-likeness (QED) is 0.652. The first-order valence-electron chi connectivity index (χ1n) is 9.54. The van der Waals surface area contributed by atoms with Gasteiger partial charge in [-0.3, -0.25) is 19.3 Å². The molecule has 0 radical (unpaired) electrons. The second-order valence-electron chi connectivity index (χ2n) is 7.28. The molecule has 0 unspecified atom stereocenters. The molecule has 0 saturated carbocycles. The number of carbonyl (C=O) groups is 3. The Hall–Kier alpha value is -3.55. The highest BCUT2D eigenvalue weighted by atomic mass is 16.2. The van der Waals surface area contributed by atoms with Crippen molar-refractivity contribution in [2.24, 2.45) is 0 Å². The van der Waals surface area contributed by atoms with Gasteiger partial charge in [0.25, 0.3) is 11.8 Å². The number of amides is 3. The minimum absolute atomic E-state index is 0.191. The summed E-state index contributed by atoms with van der Waals surface area (Å²) in [6.45, 7) is 4.26. The molecule has 29 heavy (non-hydrogen) atoms. The molecule has 148 valence electrons. The molecule has 1 aliphatic heterocycles. The van der Waals surface area contributed by atoms with Crippen LogP contribution in [0.5, 0.6) is 0 Å². The number of imide groups is 1. The van der Waals surface area contributed by atoms with E-state index in [0.29, 0.717) is 23.2 Å². The second-order valence-corrected chi connectivity index (χ2v) is 7.28. The minimum Gasteiger partial charge on any atom is -0.325 e. The molecular formula is C21H21N5O3. The smallest absolute Gasteiger partial charge is 0.261 e. The molecule has 0 spiro atoms. The zero-order chi connectivity index (χ0) is 20.5. The van der Waals surface area contributed by atoms with Gasteiger partial charge in [0, 0.05) is 24.4 Å². The maximum absolute atomic E-state index is 12.3. The van der Waals surface area contributed by atoms with Gasteiger partial charge in [-0.25, -0.2) is 9.67 Å². The third-order valence-electron chi connectivity index (χ3n) is 4.87. The van der Waals surface area contributed by atoms with Crippen LogP contribution in [0.1, 0.15) is 53.4 Å². The standard InChI is InChI=1S/C21H21N5O3/c1-13(2)26-19-14(11-23-26)10-15(12-22-19)24-18(27)8-5-9-25-20(28)16-6-3-4-7-17(16)21(25)29/h3-4,6-7,10-13H,5,8-9H2,1-2H3,(H,24,27). The molecule has 1 N–H and O–H groups in total. The van der Waals surface area contributed by atoms with Gasteiger partial charge in [0.1, 0.15) is 0 Å². The minimum atomic E-state index is -0.303. The summed E-state index contributed by atoms with van der Waals surface area (Å²) in [5, 5.41) is 7.97. The molecule has 0 fully saturated rings. The fraction of sp³-hybridized carbons (Fsp3) is 0.286. The van der Waals surface area contributed by atoms with Crippen LogP contribution in [0, 0.1) is 0 Å². The lowest BCUT2D eigenvalue weighted by molar-refractivity contribution is -0.116. The first-order valence-corrected chi connectivity index (χ1v) is 9.54. The van der Waals surface area contributed by atoms with E-state index in [-0.39, 0.29) is 36.7 Å². The SMILES string of the molecule is CC(C)n1ncc2cc(NC(=O)CCCN3C(=O)c4ccccc4C3=O)cnc21. The Balaban J connectivity index is 1.33. The van der Waals surface area contributed by atoms with Gasteiger partial charge in [0.2, 0.25) is 5.91 Å². The maximum atomic E-state index is 12.3. The average molecular weight is 391 g/mol. The van der Waals surface area contributed by atoms with E-state index in [0.717, 1.165) is 11.0 Å². The van der Waals surface area contributed by atoms with Crippen molar-refractivity contribution in [1.29, 1.82) is 0 Å². The van der Waals surface area contributed by atoms with Crippen LogP contribution in [0.2, 0.25) is 0 Å². The summed E-state index contributed by atoms with van der Waals surface area (Å²) in [4.78, 5) is 42.5. The van der Waals surface area contributed by atoms with Crippen molar-refractivity contribution in [2.75, 3.05) is 11.9 Å². The molecule has 0 bridgehead atoms. The Morgan fingerprint density at radius 3 is 2.45 bits per heavy atom. The number of aromatic nitrogens is 3. The van der Waals surface area contributed by atoms with E-state index < -0.39 is 0 Å². The zero-order valence-electron chi connectivity index (χ0n) is 16.3. The van der Waals surface area contributed by atoms with E-state index >= 15 is 0 Å². The predicted octanol–water partition coefficient (Wildman–Crippen LogP) is 3.03. The fourth-order valence-corrected chi connectivity index (χ4v) is 3.45. The number of pyridine rings is 1. The van der Waals surface area contributed by atoms with E-state index in [1.54, 1.807) is 36.7 Å². The van der Waals surface area contributed by atoms with Crippen molar-refractivity contribution in [3.05, 3.63) is 53.9 Å². The number of rotatable bonds is 6. The average Bonchev–Trinajstić information content (AvgIpc) is 3.23. The number of benzene rings is 1. The van der Waals surface area contributed by atoms with Crippen molar-refractivity contribution < 1.29 is 14.4 Å². The van der Waals surface area contributed by atoms with Gasteiger partial charge in [-0.15, -0.1) is 0 Å². The summed E-state index contributed by atoms with van der Waals surface area (Å²) in [7, 11) is 0. The zero-order valence-corrected chi connectivity index (χ0v) is 16.3. The van der Waals surface area contributed by atoms with Crippen LogP contribution in [0.4, 0.5) is 5.69 Å². The molecule has 8 nitrogen and oxygen atoms in total. The number of hydrogen-bond donors (Lipinski definition) is 1. The number of nitrogens with zero attached hydrogens (tertiary/aromatic N) is 4. The molecule has 1 aliphatic rings. The third-order valence-corrected chi connectivity index (χ3v) is 4.87. The Labute approximate surface area is 167 Å². The van der Waals surface area contributed by atoms with Crippen molar-refractivity contribution in [3.63, 3.8) is 0 Å². The highest BCUT2D eigenvalue weighted by Crippen LogP contribution is 2.23. The van der Waals surface area contributed by atoms with Gasteiger partial charge >= 0.3 is 0 Å². The molecule has 3 amide bonds. The van der Waals surface area contributed by atoms with E-state index in [1.165, 1.54) is 4.90 Å². The van der Waals surface area contributed by atoms with Crippen LogP contribution in [0.3, 0.4) is 0 Å². The molecule has 0 atom stereocenters. The van der Waals surface area contributed by atoms with Crippen LogP contribution < -0.4 is 5.32 Å². The van der Waals surface area contributed by atoms with Crippen LogP contribution in [-0.4, -0.2) is 43.9 Å². The summed E-state index contributed by atoms with van der Waals surface area (Å²) in [6, 6.07) is 8.78.